The van der Waals surface area contributed by atoms with E-state index in [1.807, 2.05) is 6.92 Å². The van der Waals surface area contributed by atoms with E-state index < -0.39 is 24.2 Å². The van der Waals surface area contributed by atoms with Gasteiger partial charge in [0.1, 0.15) is 5.75 Å². The fraction of sp³-hybridized carbons (Fsp3) is 0.263. The molecule has 1 heterocycles. The average Bonchev–Trinajstić information content (AvgIpc) is 3.00. The Morgan fingerprint density at radius 1 is 1.22 bits per heavy atom. The lowest BCUT2D eigenvalue weighted by molar-refractivity contribution is -0.297. The molecular formula is C19H17F3N2O3. The summed E-state index contributed by atoms with van der Waals surface area (Å²) in [5.74, 6) is -1.44. The van der Waals surface area contributed by atoms with Gasteiger partial charge >= 0.3 is 6.18 Å². The highest BCUT2D eigenvalue weighted by molar-refractivity contribution is 6.05. The molecule has 2 N–H and O–H groups in total. The van der Waals surface area contributed by atoms with Crippen LogP contribution in [0.2, 0.25) is 0 Å². The van der Waals surface area contributed by atoms with Crippen molar-refractivity contribution in [1.29, 1.82) is 0 Å². The summed E-state index contributed by atoms with van der Waals surface area (Å²) in [6, 6.07) is 11.6. The van der Waals surface area contributed by atoms with E-state index in [2.05, 4.69) is 5.10 Å². The Morgan fingerprint density at radius 3 is 2.44 bits per heavy atom. The van der Waals surface area contributed by atoms with E-state index in [9.17, 15) is 28.2 Å². The second kappa shape index (κ2) is 6.70. The summed E-state index contributed by atoms with van der Waals surface area (Å²) in [5, 5.41) is 23.6. The number of halogens is 3. The average molecular weight is 378 g/mol. The van der Waals surface area contributed by atoms with Gasteiger partial charge < -0.3 is 10.2 Å². The second-order valence-electron chi connectivity index (χ2n) is 6.26. The van der Waals surface area contributed by atoms with Crippen LogP contribution in [0.3, 0.4) is 0 Å². The van der Waals surface area contributed by atoms with E-state index in [1.165, 1.54) is 18.2 Å². The number of alkyl halides is 3. The molecule has 5 nitrogen and oxygen atoms in total. The zero-order valence-corrected chi connectivity index (χ0v) is 14.4. The second-order valence-corrected chi connectivity index (χ2v) is 6.26. The first-order chi connectivity index (χ1) is 12.7. The highest BCUT2D eigenvalue weighted by Gasteiger charge is 2.63. The summed E-state index contributed by atoms with van der Waals surface area (Å²) in [6.07, 6.45) is -5.23. The summed E-state index contributed by atoms with van der Waals surface area (Å²) >= 11 is 0. The molecule has 1 amide bonds. The molecule has 1 aliphatic rings. The highest BCUT2D eigenvalue weighted by Crippen LogP contribution is 2.42. The Hall–Kier alpha value is -2.87. The van der Waals surface area contributed by atoms with Gasteiger partial charge in [-0.25, -0.2) is 0 Å². The highest BCUT2D eigenvalue weighted by atomic mass is 19.4. The largest absolute Gasteiger partial charge is 0.508 e. The number of hydrogen-bond donors (Lipinski definition) is 2. The number of aryl methyl sites for hydroxylation is 1. The lowest BCUT2D eigenvalue weighted by Crippen LogP contribution is -2.56. The standard InChI is InChI=1S/C19H17F3N2O3/c1-2-12-6-8-13(9-7-12)16-11-18(27,19(20,21)22)24(23-16)17(26)14-4-3-5-15(25)10-14/h3-10,25,27H,2,11H2,1H3/t18-/m0/s1. The third-order valence-corrected chi connectivity index (χ3v) is 4.42. The summed E-state index contributed by atoms with van der Waals surface area (Å²) in [5.41, 5.74) is -2.35. The van der Waals surface area contributed by atoms with Crippen molar-refractivity contribution in [3.63, 3.8) is 0 Å². The van der Waals surface area contributed by atoms with Crippen molar-refractivity contribution < 1.29 is 28.2 Å². The van der Waals surface area contributed by atoms with Crippen LogP contribution in [0.5, 0.6) is 5.75 Å². The van der Waals surface area contributed by atoms with Gasteiger partial charge in [0.05, 0.1) is 12.1 Å². The summed E-state index contributed by atoms with van der Waals surface area (Å²) in [4.78, 5) is 12.6. The Labute approximate surface area is 153 Å². The smallest absolute Gasteiger partial charge is 0.438 e. The molecule has 1 aliphatic heterocycles. The van der Waals surface area contributed by atoms with Crippen LogP contribution in [-0.2, 0) is 6.42 Å². The molecule has 3 rings (SSSR count). The maximum absolute atomic E-state index is 13.6. The Bertz CT molecular complexity index is 894. The van der Waals surface area contributed by atoms with Gasteiger partial charge in [0.15, 0.2) is 0 Å². The molecule has 0 aliphatic carbocycles. The van der Waals surface area contributed by atoms with Gasteiger partial charge in [-0.05, 0) is 35.7 Å². The van der Waals surface area contributed by atoms with Gasteiger partial charge in [-0.2, -0.15) is 23.3 Å². The summed E-state index contributed by atoms with van der Waals surface area (Å²) in [6.45, 7) is 1.94. The number of hydrazone groups is 1. The number of rotatable bonds is 3. The molecular weight excluding hydrogens is 361 g/mol. The third-order valence-electron chi connectivity index (χ3n) is 4.42. The van der Waals surface area contributed by atoms with E-state index in [-0.39, 0.29) is 22.0 Å². The van der Waals surface area contributed by atoms with Crippen LogP contribution in [0.15, 0.2) is 53.6 Å². The summed E-state index contributed by atoms with van der Waals surface area (Å²) < 4.78 is 40.8. The number of aromatic hydroxyl groups is 1. The number of aliphatic hydroxyl groups is 1. The van der Waals surface area contributed by atoms with Crippen molar-refractivity contribution in [1.82, 2.24) is 5.01 Å². The van der Waals surface area contributed by atoms with E-state index in [0.29, 0.717) is 5.56 Å². The Morgan fingerprint density at radius 2 is 1.89 bits per heavy atom. The van der Waals surface area contributed by atoms with E-state index in [0.717, 1.165) is 18.1 Å². The number of carbonyl (C=O) groups excluding carboxylic acids is 1. The first-order valence-corrected chi connectivity index (χ1v) is 8.25. The van der Waals surface area contributed by atoms with E-state index in [4.69, 9.17) is 0 Å². The fourth-order valence-corrected chi connectivity index (χ4v) is 2.83. The molecule has 0 aromatic heterocycles. The van der Waals surface area contributed by atoms with Gasteiger partial charge in [0.2, 0.25) is 0 Å². The number of phenolic OH excluding ortho intramolecular Hbond substituents is 1. The lowest BCUT2D eigenvalue weighted by Gasteiger charge is -2.32. The van der Waals surface area contributed by atoms with E-state index in [1.54, 1.807) is 24.3 Å². The van der Waals surface area contributed by atoms with Gasteiger partial charge in [0, 0.05) is 5.56 Å². The molecule has 0 bridgehead atoms. The van der Waals surface area contributed by atoms with Gasteiger partial charge in [-0.15, -0.1) is 0 Å². The topological polar surface area (TPSA) is 73.1 Å². The Balaban J connectivity index is 2.03. The predicted octanol–water partition coefficient (Wildman–Crippen LogP) is 3.46. The van der Waals surface area contributed by atoms with Crippen LogP contribution >= 0.6 is 0 Å². The van der Waals surface area contributed by atoms with Crippen LogP contribution in [0.1, 0.15) is 34.8 Å². The van der Waals surface area contributed by atoms with Crippen LogP contribution in [0, 0.1) is 0 Å². The molecule has 0 spiro atoms. The molecule has 0 unspecified atom stereocenters. The van der Waals surface area contributed by atoms with Gasteiger partial charge in [-0.1, -0.05) is 37.3 Å². The number of benzene rings is 2. The maximum atomic E-state index is 13.6. The molecule has 27 heavy (non-hydrogen) atoms. The minimum atomic E-state index is -5.12. The molecule has 0 saturated carbocycles. The number of hydrogen-bond acceptors (Lipinski definition) is 4. The first-order valence-electron chi connectivity index (χ1n) is 8.25. The molecule has 0 saturated heterocycles. The third kappa shape index (κ3) is 3.40. The lowest BCUT2D eigenvalue weighted by atomic mass is 9.99. The first kappa shape index (κ1) is 18.9. The molecule has 8 heteroatoms. The number of phenols is 1. The van der Waals surface area contributed by atoms with Crippen molar-refractivity contribution in [3.8, 4) is 5.75 Å². The van der Waals surface area contributed by atoms with Crippen molar-refractivity contribution in [3.05, 3.63) is 65.2 Å². The predicted molar refractivity (Wildman–Crippen MR) is 92.3 cm³/mol. The summed E-state index contributed by atoms with van der Waals surface area (Å²) in [7, 11) is 0. The number of amides is 1. The molecule has 2 aromatic rings. The van der Waals surface area contributed by atoms with Crippen molar-refractivity contribution in [2.24, 2.45) is 5.10 Å². The van der Waals surface area contributed by atoms with Crippen LogP contribution in [-0.4, -0.2) is 38.7 Å². The van der Waals surface area contributed by atoms with Crippen LogP contribution in [0.4, 0.5) is 13.2 Å². The number of nitrogens with zero attached hydrogens (tertiary/aromatic N) is 2. The molecule has 0 radical (unpaired) electrons. The Kier molecular flexibility index (Phi) is 4.69. The quantitative estimate of drug-likeness (QED) is 0.859. The zero-order chi connectivity index (χ0) is 19.8. The van der Waals surface area contributed by atoms with Crippen LogP contribution < -0.4 is 0 Å². The molecule has 1 atom stereocenters. The minimum absolute atomic E-state index is 0.0465. The fourth-order valence-electron chi connectivity index (χ4n) is 2.83. The maximum Gasteiger partial charge on any atom is 0.438 e. The molecule has 0 fully saturated rings. The molecule has 2 aromatic carbocycles. The zero-order valence-electron chi connectivity index (χ0n) is 14.4. The van der Waals surface area contributed by atoms with E-state index >= 15 is 0 Å². The normalized spacial score (nSPS) is 19.9. The van der Waals surface area contributed by atoms with Gasteiger partial charge in [-0.3, -0.25) is 4.79 Å². The van der Waals surface area contributed by atoms with Crippen molar-refractivity contribution >= 4 is 11.6 Å². The molecule has 142 valence electrons. The number of carbonyl (C=O) groups is 1. The SMILES string of the molecule is CCc1ccc(C2=NN(C(=O)c3cccc(O)c3)[C@@](O)(C(F)(F)F)C2)cc1. The monoisotopic (exact) mass is 378 g/mol. The minimum Gasteiger partial charge on any atom is -0.508 e. The van der Waals surface area contributed by atoms with Crippen molar-refractivity contribution in [2.45, 2.75) is 31.7 Å². The van der Waals surface area contributed by atoms with Crippen LogP contribution in [0.25, 0.3) is 0 Å². The van der Waals surface area contributed by atoms with Gasteiger partial charge in [0.25, 0.3) is 11.6 Å². The van der Waals surface area contributed by atoms with Crippen molar-refractivity contribution in [2.75, 3.05) is 0 Å².